The van der Waals surface area contributed by atoms with Crippen molar-refractivity contribution in [3.05, 3.63) is 33.8 Å². The molecule has 2 aliphatic rings. The van der Waals surface area contributed by atoms with Gasteiger partial charge in [-0.05, 0) is 43.0 Å². The lowest BCUT2D eigenvalue weighted by Crippen LogP contribution is -2.58. The van der Waals surface area contributed by atoms with Crippen LogP contribution < -0.4 is 0 Å². The molecule has 1 aliphatic carbocycles. The molecule has 5 nitrogen and oxygen atoms in total. The number of benzene rings is 1. The number of carbonyl (C=O) groups is 3. The fourth-order valence-corrected chi connectivity index (χ4v) is 3.96. The van der Waals surface area contributed by atoms with Crippen molar-refractivity contribution in [2.75, 3.05) is 6.54 Å². The van der Waals surface area contributed by atoms with Crippen molar-refractivity contribution in [1.29, 1.82) is 0 Å². The second-order valence-electron chi connectivity index (χ2n) is 6.23. The highest BCUT2D eigenvalue weighted by atomic mass is 35.5. The molecule has 1 aliphatic heterocycles. The first kappa shape index (κ1) is 17.2. The van der Waals surface area contributed by atoms with Crippen LogP contribution in [-0.2, 0) is 16.0 Å². The summed E-state index contributed by atoms with van der Waals surface area (Å²) in [7, 11) is 0. The Kier molecular flexibility index (Phi) is 5.11. The Balaban J connectivity index is 1.72. The molecule has 0 bridgehead atoms. The first-order valence-corrected chi connectivity index (χ1v) is 8.82. The van der Waals surface area contributed by atoms with Gasteiger partial charge in [0.15, 0.2) is 0 Å². The summed E-state index contributed by atoms with van der Waals surface area (Å²) in [4.78, 5) is 39.4. The lowest BCUT2D eigenvalue weighted by molar-refractivity contribution is -0.143. The molecule has 1 saturated carbocycles. The highest BCUT2D eigenvalue weighted by molar-refractivity contribution is 6.34. The SMILES string of the molecule is O=C1CC(=O)N(C2CCCC2)C(=O)N1CCc1cc(Cl)cc(Cl)c1. The Morgan fingerprint density at radius 2 is 1.58 bits per heavy atom. The zero-order valence-corrected chi connectivity index (χ0v) is 14.6. The summed E-state index contributed by atoms with van der Waals surface area (Å²) in [6.45, 7) is 0.213. The molecule has 0 N–H and O–H groups in total. The topological polar surface area (TPSA) is 57.7 Å². The van der Waals surface area contributed by atoms with Gasteiger partial charge in [-0.3, -0.25) is 19.4 Å². The zero-order valence-electron chi connectivity index (χ0n) is 13.1. The van der Waals surface area contributed by atoms with Crippen LogP contribution in [0.15, 0.2) is 18.2 Å². The summed E-state index contributed by atoms with van der Waals surface area (Å²) in [6, 6.07) is 4.58. The Morgan fingerprint density at radius 1 is 0.958 bits per heavy atom. The van der Waals surface area contributed by atoms with E-state index in [1.165, 1.54) is 9.80 Å². The van der Waals surface area contributed by atoms with Gasteiger partial charge in [-0.25, -0.2) is 4.79 Å². The summed E-state index contributed by atoms with van der Waals surface area (Å²) in [5.74, 6) is -0.814. The Labute approximate surface area is 150 Å². The van der Waals surface area contributed by atoms with Crippen molar-refractivity contribution in [2.24, 2.45) is 0 Å². The molecule has 128 valence electrons. The number of hydrogen-bond donors (Lipinski definition) is 0. The van der Waals surface area contributed by atoms with Gasteiger partial charge in [0, 0.05) is 22.6 Å². The van der Waals surface area contributed by atoms with E-state index in [-0.39, 0.29) is 24.9 Å². The van der Waals surface area contributed by atoms with E-state index < -0.39 is 11.9 Å². The Hall–Kier alpha value is -1.59. The first-order valence-electron chi connectivity index (χ1n) is 8.07. The van der Waals surface area contributed by atoms with E-state index in [1.807, 2.05) is 0 Å². The molecule has 1 saturated heterocycles. The fourth-order valence-electron chi connectivity index (χ4n) is 3.39. The molecule has 24 heavy (non-hydrogen) atoms. The van der Waals surface area contributed by atoms with Crippen molar-refractivity contribution in [3.63, 3.8) is 0 Å². The van der Waals surface area contributed by atoms with Crippen molar-refractivity contribution in [1.82, 2.24) is 9.80 Å². The molecule has 1 heterocycles. The van der Waals surface area contributed by atoms with Crippen LogP contribution in [0.1, 0.15) is 37.7 Å². The molecule has 3 rings (SSSR count). The smallest absolute Gasteiger partial charge is 0.274 e. The average Bonchev–Trinajstić information content (AvgIpc) is 2.99. The van der Waals surface area contributed by atoms with Crippen LogP contribution in [-0.4, -0.2) is 40.2 Å². The second kappa shape index (κ2) is 7.11. The van der Waals surface area contributed by atoms with Crippen molar-refractivity contribution < 1.29 is 14.4 Å². The largest absolute Gasteiger partial charge is 0.333 e. The van der Waals surface area contributed by atoms with E-state index in [2.05, 4.69) is 0 Å². The number of imide groups is 2. The maximum atomic E-state index is 12.6. The van der Waals surface area contributed by atoms with Crippen LogP contribution in [0.3, 0.4) is 0 Å². The lowest BCUT2D eigenvalue weighted by Gasteiger charge is -2.36. The predicted octanol–water partition coefficient (Wildman–Crippen LogP) is 3.66. The van der Waals surface area contributed by atoms with Gasteiger partial charge < -0.3 is 0 Å². The van der Waals surface area contributed by atoms with E-state index >= 15 is 0 Å². The molecule has 7 heteroatoms. The highest BCUT2D eigenvalue weighted by Gasteiger charge is 2.41. The van der Waals surface area contributed by atoms with Crippen LogP contribution in [0.5, 0.6) is 0 Å². The Bertz CT molecular complexity index is 666. The molecule has 0 atom stereocenters. The highest BCUT2D eigenvalue weighted by Crippen LogP contribution is 2.27. The maximum absolute atomic E-state index is 12.6. The minimum absolute atomic E-state index is 0.0683. The zero-order chi connectivity index (χ0) is 17.3. The van der Waals surface area contributed by atoms with Crippen LogP contribution in [0.2, 0.25) is 10.0 Å². The van der Waals surface area contributed by atoms with E-state index in [0.29, 0.717) is 16.5 Å². The van der Waals surface area contributed by atoms with E-state index in [9.17, 15) is 14.4 Å². The summed E-state index contributed by atoms with van der Waals surface area (Å²) < 4.78 is 0. The third-order valence-electron chi connectivity index (χ3n) is 4.55. The van der Waals surface area contributed by atoms with Gasteiger partial charge in [-0.15, -0.1) is 0 Å². The van der Waals surface area contributed by atoms with E-state index in [1.54, 1.807) is 18.2 Å². The first-order chi connectivity index (χ1) is 11.5. The predicted molar refractivity (Wildman–Crippen MR) is 91.0 cm³/mol. The number of carbonyl (C=O) groups excluding carboxylic acids is 3. The monoisotopic (exact) mass is 368 g/mol. The molecule has 1 aromatic carbocycles. The van der Waals surface area contributed by atoms with Gasteiger partial charge in [0.25, 0.3) is 0 Å². The third-order valence-corrected chi connectivity index (χ3v) is 4.98. The summed E-state index contributed by atoms with van der Waals surface area (Å²) in [6.07, 6.45) is 3.88. The second-order valence-corrected chi connectivity index (χ2v) is 7.11. The normalized spacial score (nSPS) is 19.5. The van der Waals surface area contributed by atoms with Crippen molar-refractivity contribution in [3.8, 4) is 0 Å². The summed E-state index contributed by atoms with van der Waals surface area (Å²) in [5, 5.41) is 1.02. The van der Waals surface area contributed by atoms with Crippen LogP contribution in [0.25, 0.3) is 0 Å². The standard InChI is InChI=1S/C17H18Cl2N2O3/c18-12-7-11(8-13(19)9-12)5-6-20-15(22)10-16(23)21(17(20)24)14-3-1-2-4-14/h7-9,14H,1-6,10H2. The number of halogens is 2. The number of hydrogen-bond acceptors (Lipinski definition) is 3. The number of rotatable bonds is 4. The van der Waals surface area contributed by atoms with Crippen LogP contribution >= 0.6 is 23.2 Å². The molecule has 0 unspecified atom stereocenters. The van der Waals surface area contributed by atoms with Gasteiger partial charge in [-0.1, -0.05) is 36.0 Å². The van der Waals surface area contributed by atoms with Gasteiger partial charge >= 0.3 is 6.03 Å². The van der Waals surface area contributed by atoms with Crippen molar-refractivity contribution in [2.45, 2.75) is 44.6 Å². The van der Waals surface area contributed by atoms with Gasteiger partial charge in [0.2, 0.25) is 11.8 Å². The number of nitrogens with zero attached hydrogens (tertiary/aromatic N) is 2. The molecule has 1 aromatic rings. The van der Waals surface area contributed by atoms with Crippen molar-refractivity contribution >= 4 is 41.0 Å². The lowest BCUT2D eigenvalue weighted by atomic mass is 10.1. The summed E-state index contributed by atoms with van der Waals surface area (Å²) in [5.41, 5.74) is 0.845. The summed E-state index contributed by atoms with van der Waals surface area (Å²) >= 11 is 11.9. The average molecular weight is 369 g/mol. The molecule has 0 radical (unpaired) electrons. The van der Waals surface area contributed by atoms with Gasteiger partial charge in [-0.2, -0.15) is 0 Å². The van der Waals surface area contributed by atoms with E-state index in [0.717, 1.165) is 31.2 Å². The number of barbiturate groups is 1. The minimum atomic E-state index is -0.490. The van der Waals surface area contributed by atoms with Crippen LogP contribution in [0.4, 0.5) is 4.79 Å². The molecular formula is C17H18Cl2N2O3. The molecule has 0 spiro atoms. The Morgan fingerprint density at radius 3 is 2.21 bits per heavy atom. The minimum Gasteiger partial charge on any atom is -0.274 e. The van der Waals surface area contributed by atoms with Crippen LogP contribution in [0, 0.1) is 0 Å². The van der Waals surface area contributed by atoms with E-state index in [4.69, 9.17) is 23.2 Å². The number of urea groups is 1. The third kappa shape index (κ3) is 3.57. The van der Waals surface area contributed by atoms with Gasteiger partial charge in [0.05, 0.1) is 0 Å². The quantitative estimate of drug-likeness (QED) is 0.761. The molecule has 4 amide bonds. The molecule has 2 fully saturated rings. The number of amides is 4. The maximum Gasteiger partial charge on any atom is 0.333 e. The fraction of sp³-hybridized carbons (Fsp3) is 0.471. The molecular weight excluding hydrogens is 351 g/mol. The van der Waals surface area contributed by atoms with Gasteiger partial charge in [0.1, 0.15) is 6.42 Å². The molecule has 0 aromatic heterocycles.